The Hall–Kier alpha value is -1.49. The summed E-state index contributed by atoms with van der Waals surface area (Å²) in [6, 6.07) is 5.85. The van der Waals surface area contributed by atoms with E-state index in [0.717, 1.165) is 29.1 Å². The smallest absolute Gasteiger partial charge is 0.281 e. The van der Waals surface area contributed by atoms with Crippen molar-refractivity contribution < 1.29 is 9.59 Å². The van der Waals surface area contributed by atoms with E-state index in [4.69, 9.17) is 0 Å². The van der Waals surface area contributed by atoms with Crippen LogP contribution in [0.25, 0.3) is 0 Å². The Morgan fingerprint density at radius 3 is 2.89 bits per heavy atom. The second kappa shape index (κ2) is 6.10. The number of carbonyl (C=O) groups is 2. The normalized spacial score (nSPS) is 14.8. The molecular formula is C14H18N2O2S. The Kier molecular flexibility index (Phi) is 4.47. The molecule has 102 valence electrons. The lowest BCUT2D eigenvalue weighted by molar-refractivity contribution is -0.116. The van der Waals surface area contributed by atoms with E-state index in [1.807, 2.05) is 32.0 Å². The molecule has 0 atom stereocenters. The number of hydrogen-bond donors (Lipinski definition) is 1. The third-order valence-electron chi connectivity index (χ3n) is 3.33. The Bertz CT molecular complexity index is 502. The first kappa shape index (κ1) is 13.9. The topological polar surface area (TPSA) is 49.4 Å². The van der Waals surface area contributed by atoms with E-state index < -0.39 is 0 Å². The standard InChI is InChI=1S/C14H18N2O2S/c1-10-4-3-5-12(11(10)2)15-13(17)6-7-16-8-9-19-14(16)18/h3-5H,6-9H2,1-2H3,(H,15,17). The number of rotatable bonds is 4. The Morgan fingerprint density at radius 1 is 1.42 bits per heavy atom. The number of benzene rings is 1. The van der Waals surface area contributed by atoms with Crippen LogP contribution in [0.15, 0.2) is 18.2 Å². The van der Waals surface area contributed by atoms with Crippen LogP contribution >= 0.6 is 11.8 Å². The van der Waals surface area contributed by atoms with Crippen molar-refractivity contribution in [2.24, 2.45) is 0 Å². The molecule has 1 fully saturated rings. The number of anilines is 1. The minimum Gasteiger partial charge on any atom is -0.332 e. The van der Waals surface area contributed by atoms with Crippen LogP contribution in [0.4, 0.5) is 10.5 Å². The first-order chi connectivity index (χ1) is 9.08. The molecule has 1 heterocycles. The van der Waals surface area contributed by atoms with Crippen LogP contribution in [0, 0.1) is 13.8 Å². The summed E-state index contributed by atoms with van der Waals surface area (Å²) in [6.07, 6.45) is 0.347. The highest BCUT2D eigenvalue weighted by molar-refractivity contribution is 8.13. The lowest BCUT2D eigenvalue weighted by Gasteiger charge is -2.15. The molecule has 5 heteroatoms. The van der Waals surface area contributed by atoms with E-state index in [2.05, 4.69) is 5.32 Å². The van der Waals surface area contributed by atoms with Gasteiger partial charge in [-0.05, 0) is 31.0 Å². The molecule has 0 bridgehead atoms. The van der Waals surface area contributed by atoms with Crippen LogP contribution in [0.5, 0.6) is 0 Å². The van der Waals surface area contributed by atoms with Crippen LogP contribution in [0.1, 0.15) is 17.5 Å². The first-order valence-corrected chi connectivity index (χ1v) is 7.34. The van der Waals surface area contributed by atoms with Crippen molar-refractivity contribution in [1.29, 1.82) is 0 Å². The molecule has 2 amide bonds. The summed E-state index contributed by atoms with van der Waals surface area (Å²) in [5.74, 6) is 0.788. The summed E-state index contributed by atoms with van der Waals surface area (Å²) >= 11 is 1.32. The number of aryl methyl sites for hydroxylation is 1. The minimum atomic E-state index is -0.0431. The highest BCUT2D eigenvalue weighted by Gasteiger charge is 2.21. The van der Waals surface area contributed by atoms with Gasteiger partial charge in [-0.2, -0.15) is 0 Å². The van der Waals surface area contributed by atoms with Gasteiger partial charge >= 0.3 is 0 Å². The van der Waals surface area contributed by atoms with Crippen molar-refractivity contribution in [3.63, 3.8) is 0 Å². The minimum absolute atomic E-state index is 0.0431. The van der Waals surface area contributed by atoms with Gasteiger partial charge in [-0.3, -0.25) is 9.59 Å². The van der Waals surface area contributed by atoms with Gasteiger partial charge in [0.05, 0.1) is 0 Å². The van der Waals surface area contributed by atoms with Gasteiger partial charge in [-0.15, -0.1) is 0 Å². The zero-order valence-electron chi connectivity index (χ0n) is 11.2. The lowest BCUT2D eigenvalue weighted by atomic mass is 10.1. The maximum Gasteiger partial charge on any atom is 0.281 e. The van der Waals surface area contributed by atoms with Crippen molar-refractivity contribution in [2.45, 2.75) is 20.3 Å². The van der Waals surface area contributed by atoms with Gasteiger partial charge in [-0.25, -0.2) is 0 Å². The molecule has 1 saturated heterocycles. The summed E-state index contributed by atoms with van der Waals surface area (Å²) in [4.78, 5) is 25.0. The average molecular weight is 278 g/mol. The molecule has 0 saturated carbocycles. The SMILES string of the molecule is Cc1cccc(NC(=O)CCN2CCSC2=O)c1C. The molecule has 0 aromatic heterocycles. The highest BCUT2D eigenvalue weighted by atomic mass is 32.2. The van der Waals surface area contributed by atoms with Gasteiger partial charge in [0.1, 0.15) is 0 Å². The summed E-state index contributed by atoms with van der Waals surface area (Å²) in [6.45, 7) is 5.26. The fourth-order valence-corrected chi connectivity index (χ4v) is 2.82. The summed E-state index contributed by atoms with van der Waals surface area (Å²) in [5, 5.41) is 2.99. The molecule has 1 aliphatic heterocycles. The summed E-state index contributed by atoms with van der Waals surface area (Å²) in [5.41, 5.74) is 3.10. The van der Waals surface area contributed by atoms with Crippen molar-refractivity contribution in [3.8, 4) is 0 Å². The Labute approximate surface area is 117 Å². The first-order valence-electron chi connectivity index (χ1n) is 6.35. The molecule has 2 rings (SSSR count). The molecule has 0 aliphatic carbocycles. The summed E-state index contributed by atoms with van der Waals surface area (Å²) in [7, 11) is 0. The molecule has 0 unspecified atom stereocenters. The average Bonchev–Trinajstić information content (AvgIpc) is 2.78. The number of carbonyl (C=O) groups excluding carboxylic acids is 2. The van der Waals surface area contributed by atoms with Gasteiger partial charge in [0, 0.05) is 31.0 Å². The predicted molar refractivity (Wildman–Crippen MR) is 78.6 cm³/mol. The number of nitrogens with zero attached hydrogens (tertiary/aromatic N) is 1. The van der Waals surface area contributed by atoms with E-state index in [1.165, 1.54) is 11.8 Å². The van der Waals surface area contributed by atoms with Crippen molar-refractivity contribution in [2.75, 3.05) is 24.2 Å². The Morgan fingerprint density at radius 2 is 2.21 bits per heavy atom. The zero-order valence-corrected chi connectivity index (χ0v) is 12.0. The van der Waals surface area contributed by atoms with Crippen LogP contribution in [0.2, 0.25) is 0 Å². The van der Waals surface area contributed by atoms with E-state index in [-0.39, 0.29) is 11.1 Å². The molecule has 4 nitrogen and oxygen atoms in total. The lowest BCUT2D eigenvalue weighted by Crippen LogP contribution is -2.27. The fraction of sp³-hybridized carbons (Fsp3) is 0.429. The van der Waals surface area contributed by atoms with Crippen LogP contribution in [0.3, 0.4) is 0 Å². The second-order valence-electron chi connectivity index (χ2n) is 4.65. The molecule has 1 aromatic carbocycles. The predicted octanol–water partition coefficient (Wildman–Crippen LogP) is 2.80. The van der Waals surface area contributed by atoms with Gasteiger partial charge in [-0.1, -0.05) is 23.9 Å². The van der Waals surface area contributed by atoms with Gasteiger partial charge < -0.3 is 10.2 Å². The number of thioether (sulfide) groups is 1. The molecular weight excluding hydrogens is 260 g/mol. The van der Waals surface area contributed by atoms with E-state index in [1.54, 1.807) is 4.90 Å². The number of nitrogens with one attached hydrogen (secondary N) is 1. The Balaban J connectivity index is 1.87. The zero-order chi connectivity index (χ0) is 13.8. The summed E-state index contributed by atoms with van der Waals surface area (Å²) < 4.78 is 0. The van der Waals surface area contributed by atoms with Gasteiger partial charge in [0.15, 0.2) is 0 Å². The van der Waals surface area contributed by atoms with E-state index >= 15 is 0 Å². The van der Waals surface area contributed by atoms with Crippen LogP contribution < -0.4 is 5.32 Å². The quantitative estimate of drug-likeness (QED) is 0.921. The van der Waals surface area contributed by atoms with Crippen molar-refractivity contribution in [3.05, 3.63) is 29.3 Å². The van der Waals surface area contributed by atoms with Gasteiger partial charge in [0.2, 0.25) is 5.91 Å². The number of hydrogen-bond acceptors (Lipinski definition) is 3. The maximum absolute atomic E-state index is 11.9. The van der Waals surface area contributed by atoms with Crippen molar-refractivity contribution in [1.82, 2.24) is 4.90 Å². The van der Waals surface area contributed by atoms with Crippen molar-refractivity contribution >= 4 is 28.6 Å². The van der Waals surface area contributed by atoms with E-state index in [9.17, 15) is 9.59 Å². The monoisotopic (exact) mass is 278 g/mol. The van der Waals surface area contributed by atoms with Crippen LogP contribution in [-0.2, 0) is 4.79 Å². The van der Waals surface area contributed by atoms with Gasteiger partial charge in [0.25, 0.3) is 5.24 Å². The molecule has 1 aromatic rings. The molecule has 1 N–H and O–H groups in total. The maximum atomic E-state index is 11.9. The van der Waals surface area contributed by atoms with Crippen LogP contribution in [-0.4, -0.2) is 34.9 Å². The van der Waals surface area contributed by atoms with E-state index in [0.29, 0.717) is 13.0 Å². The highest BCUT2D eigenvalue weighted by Crippen LogP contribution is 2.19. The largest absolute Gasteiger partial charge is 0.332 e. The second-order valence-corrected chi connectivity index (χ2v) is 5.69. The third-order valence-corrected chi connectivity index (χ3v) is 4.22. The third kappa shape index (κ3) is 3.50. The molecule has 19 heavy (non-hydrogen) atoms. The molecule has 1 aliphatic rings. The molecule has 0 spiro atoms. The fourth-order valence-electron chi connectivity index (χ4n) is 1.96. The molecule has 0 radical (unpaired) electrons. The number of amides is 2.